The minimum absolute atomic E-state index is 0.0797. The number of rotatable bonds is 7. The van der Waals surface area contributed by atoms with Crippen molar-refractivity contribution in [2.24, 2.45) is 16.7 Å². The van der Waals surface area contributed by atoms with Crippen LogP contribution in [-0.2, 0) is 40.4 Å². The van der Waals surface area contributed by atoms with E-state index >= 15 is 0 Å². The molecule has 2 saturated carbocycles. The average Bonchev–Trinajstić information content (AvgIpc) is 3.26. The Kier molecular flexibility index (Phi) is 6.75. The fourth-order valence-electron chi connectivity index (χ4n) is 7.87. The first-order chi connectivity index (χ1) is 20.2. The summed E-state index contributed by atoms with van der Waals surface area (Å²) >= 11 is 6.78. The zero-order valence-electron chi connectivity index (χ0n) is 24.1. The van der Waals surface area contributed by atoms with Crippen LogP contribution in [0.2, 0.25) is 5.02 Å². The molecule has 5 aliphatic rings. The van der Waals surface area contributed by atoms with Crippen LogP contribution in [0.3, 0.4) is 0 Å². The summed E-state index contributed by atoms with van der Waals surface area (Å²) in [6.45, 7) is 4.26. The number of aromatic nitrogens is 3. The van der Waals surface area contributed by atoms with E-state index in [4.69, 9.17) is 16.3 Å². The van der Waals surface area contributed by atoms with E-state index in [-0.39, 0.29) is 23.8 Å². The Bertz CT molecular complexity index is 1450. The number of halogens is 1. The molecule has 1 aromatic carbocycles. The topological polar surface area (TPSA) is 118 Å². The zero-order valence-corrected chi connectivity index (χ0v) is 24.9. The van der Waals surface area contributed by atoms with Crippen LogP contribution in [-0.4, -0.2) is 67.1 Å². The fourth-order valence-corrected chi connectivity index (χ4v) is 8.13. The lowest BCUT2D eigenvalue weighted by Crippen LogP contribution is -2.52. The predicted molar refractivity (Wildman–Crippen MR) is 153 cm³/mol. The lowest BCUT2D eigenvalue weighted by atomic mass is 9.66. The Balaban J connectivity index is 1.25. The predicted octanol–water partition coefficient (Wildman–Crippen LogP) is 4.18. The van der Waals surface area contributed by atoms with Gasteiger partial charge in [-0.15, -0.1) is 10.2 Å². The van der Waals surface area contributed by atoms with E-state index in [1.165, 1.54) is 0 Å². The SMILES string of the molecule is C[C@]1(C(=O)O)CCCCC1C(=O)N1CCc2c(Cl)ccc(OCc3nnc4n3CCC4)c2C1CN1CC2(CC2)CC1=O. The zero-order chi connectivity index (χ0) is 29.2. The third-order valence-corrected chi connectivity index (χ3v) is 11.0. The van der Waals surface area contributed by atoms with E-state index in [2.05, 4.69) is 14.8 Å². The second kappa shape index (κ2) is 10.2. The molecular formula is C31H38ClN5O5. The van der Waals surface area contributed by atoms with Crippen molar-refractivity contribution in [3.63, 3.8) is 0 Å². The van der Waals surface area contributed by atoms with Gasteiger partial charge in [0.05, 0.1) is 17.4 Å². The van der Waals surface area contributed by atoms with E-state index in [1.54, 1.807) is 6.92 Å². The van der Waals surface area contributed by atoms with Gasteiger partial charge in [-0.1, -0.05) is 24.4 Å². The Morgan fingerprint density at radius 3 is 2.71 bits per heavy atom. The Morgan fingerprint density at radius 2 is 1.95 bits per heavy atom. The average molecular weight is 596 g/mol. The van der Waals surface area contributed by atoms with Crippen LogP contribution in [0.4, 0.5) is 0 Å². The monoisotopic (exact) mass is 595 g/mol. The smallest absolute Gasteiger partial charge is 0.310 e. The number of amides is 2. The molecule has 2 amide bonds. The second-order valence-corrected chi connectivity index (χ2v) is 13.7. The van der Waals surface area contributed by atoms with Crippen LogP contribution in [0.5, 0.6) is 5.75 Å². The van der Waals surface area contributed by atoms with Gasteiger partial charge in [0.2, 0.25) is 11.8 Å². The van der Waals surface area contributed by atoms with E-state index in [0.29, 0.717) is 56.1 Å². The summed E-state index contributed by atoms with van der Waals surface area (Å²) in [4.78, 5) is 43.8. The maximum Gasteiger partial charge on any atom is 0.310 e. The molecule has 2 aromatic rings. The normalized spacial score (nSPS) is 27.7. The highest BCUT2D eigenvalue weighted by molar-refractivity contribution is 6.31. The van der Waals surface area contributed by atoms with Gasteiger partial charge < -0.3 is 24.2 Å². The summed E-state index contributed by atoms with van der Waals surface area (Å²) in [5.74, 6) is 0.762. The summed E-state index contributed by atoms with van der Waals surface area (Å²) in [5, 5.41) is 19.5. The van der Waals surface area contributed by atoms with Gasteiger partial charge in [0.25, 0.3) is 0 Å². The number of hydrogen-bond acceptors (Lipinski definition) is 6. The molecule has 1 N–H and O–H groups in total. The third kappa shape index (κ3) is 4.57. The molecule has 3 atom stereocenters. The molecule has 3 aliphatic heterocycles. The minimum Gasteiger partial charge on any atom is -0.485 e. The Labute approximate surface area is 250 Å². The first-order valence-electron chi connectivity index (χ1n) is 15.4. The van der Waals surface area contributed by atoms with Crippen LogP contribution < -0.4 is 4.74 Å². The van der Waals surface area contributed by atoms with Gasteiger partial charge in [-0.05, 0) is 68.6 Å². The summed E-state index contributed by atoms with van der Waals surface area (Å²) in [5.41, 5.74) is 0.701. The van der Waals surface area contributed by atoms with Crippen molar-refractivity contribution in [3.05, 3.63) is 39.9 Å². The minimum atomic E-state index is -1.12. The highest BCUT2D eigenvalue weighted by Crippen LogP contribution is 2.54. The van der Waals surface area contributed by atoms with Gasteiger partial charge in [-0.2, -0.15) is 0 Å². The van der Waals surface area contributed by atoms with Gasteiger partial charge in [-0.3, -0.25) is 14.4 Å². The molecule has 1 aromatic heterocycles. The van der Waals surface area contributed by atoms with E-state index in [1.807, 2.05) is 21.9 Å². The van der Waals surface area contributed by atoms with Gasteiger partial charge in [0.15, 0.2) is 5.82 Å². The molecule has 2 unspecified atom stereocenters. The number of carboxylic acids is 1. The number of nitrogens with zero attached hydrogens (tertiary/aromatic N) is 5. The van der Waals surface area contributed by atoms with Crippen LogP contribution in [0, 0.1) is 16.7 Å². The largest absolute Gasteiger partial charge is 0.485 e. The Hall–Kier alpha value is -3.14. The van der Waals surface area contributed by atoms with Crippen molar-refractivity contribution in [3.8, 4) is 5.75 Å². The highest BCUT2D eigenvalue weighted by Gasteiger charge is 2.54. The summed E-state index contributed by atoms with van der Waals surface area (Å²) in [6.07, 6.45) is 7.78. The van der Waals surface area contributed by atoms with E-state index in [9.17, 15) is 19.5 Å². The number of hydrogen-bond donors (Lipinski definition) is 1. The molecule has 10 nitrogen and oxygen atoms in total. The first kappa shape index (κ1) is 27.7. The van der Waals surface area contributed by atoms with Crippen molar-refractivity contribution in [2.45, 2.75) is 90.3 Å². The van der Waals surface area contributed by atoms with Gasteiger partial charge in [-0.25, -0.2) is 0 Å². The van der Waals surface area contributed by atoms with Crippen molar-refractivity contribution >= 4 is 29.4 Å². The van der Waals surface area contributed by atoms with Gasteiger partial charge >= 0.3 is 5.97 Å². The van der Waals surface area contributed by atoms with Crippen molar-refractivity contribution in [2.75, 3.05) is 19.6 Å². The second-order valence-electron chi connectivity index (χ2n) is 13.3. The number of aliphatic carboxylic acids is 1. The molecule has 42 heavy (non-hydrogen) atoms. The van der Waals surface area contributed by atoms with Gasteiger partial charge in [0.1, 0.15) is 18.2 Å². The number of aryl methyl sites for hydroxylation is 1. The number of fused-ring (bicyclic) bond motifs is 2. The van der Waals surface area contributed by atoms with E-state index in [0.717, 1.165) is 67.8 Å². The van der Waals surface area contributed by atoms with Crippen molar-refractivity contribution in [1.29, 1.82) is 0 Å². The first-order valence-corrected chi connectivity index (χ1v) is 15.7. The Morgan fingerprint density at radius 1 is 1.12 bits per heavy atom. The summed E-state index contributed by atoms with van der Waals surface area (Å²) in [7, 11) is 0. The summed E-state index contributed by atoms with van der Waals surface area (Å²) < 4.78 is 8.54. The molecule has 0 bridgehead atoms. The molecule has 4 heterocycles. The standard InChI is InChI=1S/C31H38ClN5O5/c1-30(29(40)41)10-3-2-5-20(30)28(39)36-14-9-19-21(32)7-8-23(42-17-25-34-33-24-6-4-13-37(24)25)27(19)22(36)16-35-18-31(11-12-31)15-26(35)38/h7-8,20,22H,2-6,9-18H2,1H3,(H,40,41)/t20?,22?,30-/m0/s1. The molecule has 2 aliphatic carbocycles. The maximum atomic E-state index is 14.4. The molecule has 1 spiro atoms. The summed E-state index contributed by atoms with van der Waals surface area (Å²) in [6, 6.07) is 3.19. The number of likely N-dealkylation sites (tertiary alicyclic amines) is 1. The molecule has 3 fully saturated rings. The molecule has 11 heteroatoms. The van der Waals surface area contributed by atoms with Crippen molar-refractivity contribution in [1.82, 2.24) is 24.6 Å². The molecule has 0 radical (unpaired) electrons. The van der Waals surface area contributed by atoms with E-state index < -0.39 is 23.3 Å². The van der Waals surface area contributed by atoms with Gasteiger partial charge in [0, 0.05) is 49.6 Å². The number of carbonyl (C=O) groups excluding carboxylic acids is 2. The van der Waals surface area contributed by atoms with Crippen LogP contribution in [0.1, 0.15) is 87.1 Å². The molecule has 1 saturated heterocycles. The molecule has 7 rings (SSSR count). The fraction of sp³-hybridized carbons (Fsp3) is 0.645. The van der Waals surface area contributed by atoms with Crippen molar-refractivity contribution < 1.29 is 24.2 Å². The number of carboxylic acid groups (broad SMARTS) is 1. The lowest BCUT2D eigenvalue weighted by Gasteiger charge is -2.45. The van der Waals surface area contributed by atoms with Crippen LogP contribution >= 0.6 is 11.6 Å². The maximum absolute atomic E-state index is 14.4. The van der Waals surface area contributed by atoms with Crippen LogP contribution in [0.15, 0.2) is 12.1 Å². The molecular weight excluding hydrogens is 558 g/mol. The third-order valence-electron chi connectivity index (χ3n) is 10.6. The van der Waals surface area contributed by atoms with Crippen LogP contribution in [0.25, 0.3) is 0 Å². The highest BCUT2D eigenvalue weighted by atomic mass is 35.5. The number of ether oxygens (including phenoxy) is 1. The lowest BCUT2D eigenvalue weighted by molar-refractivity contribution is -0.162. The molecule has 224 valence electrons. The number of carbonyl (C=O) groups is 3. The quantitative estimate of drug-likeness (QED) is 0.510. The number of benzene rings is 1.